The van der Waals surface area contributed by atoms with E-state index >= 15 is 0 Å². The number of nitrogens with one attached hydrogen (secondary N) is 1. The van der Waals surface area contributed by atoms with Gasteiger partial charge in [0.05, 0.1) is 25.0 Å². The zero-order valence-electron chi connectivity index (χ0n) is 12.3. The number of amides is 1. The number of anilines is 1. The monoisotopic (exact) mass is 344 g/mol. The van der Waals surface area contributed by atoms with E-state index < -0.39 is 30.8 Å². The number of halogens is 3. The molecule has 2 aromatic rings. The molecule has 10 heteroatoms. The van der Waals surface area contributed by atoms with Crippen molar-refractivity contribution in [3.63, 3.8) is 0 Å². The van der Waals surface area contributed by atoms with Crippen molar-refractivity contribution in [3.05, 3.63) is 42.1 Å². The Bertz CT molecular complexity index is 718. The third-order valence-corrected chi connectivity index (χ3v) is 3.38. The summed E-state index contributed by atoms with van der Waals surface area (Å²) in [5, 5.41) is 23.9. The summed E-state index contributed by atoms with van der Waals surface area (Å²) in [5.74, 6) is -1.02. The molecule has 1 aromatic carbocycles. The molecular formula is C14H15F3N4O3. The molecule has 24 heavy (non-hydrogen) atoms. The fraction of sp³-hybridized carbons (Fsp3) is 0.286. The largest absolute Gasteiger partial charge is 0.421 e. The molecule has 7 nitrogen and oxygen atoms in total. The normalized spacial score (nSPS) is 14.2. The van der Waals surface area contributed by atoms with Crippen molar-refractivity contribution >= 4 is 11.7 Å². The zero-order chi connectivity index (χ0) is 18.0. The molecule has 1 heterocycles. The summed E-state index contributed by atoms with van der Waals surface area (Å²) in [6, 6.07) is 8.57. The Hall–Kier alpha value is -2.59. The summed E-state index contributed by atoms with van der Waals surface area (Å²) >= 11 is 0. The van der Waals surface area contributed by atoms with Crippen molar-refractivity contribution in [3.8, 4) is 5.69 Å². The Morgan fingerprint density at radius 2 is 1.92 bits per heavy atom. The number of carbonyl (C=O) groups excluding carboxylic acids is 1. The van der Waals surface area contributed by atoms with Crippen LogP contribution in [0.1, 0.15) is 10.4 Å². The van der Waals surface area contributed by atoms with Crippen molar-refractivity contribution < 1.29 is 28.2 Å². The fourth-order valence-electron chi connectivity index (χ4n) is 1.88. The Kier molecular flexibility index (Phi) is 4.81. The number of benzene rings is 1. The Labute approximate surface area is 134 Å². The van der Waals surface area contributed by atoms with E-state index in [0.29, 0.717) is 5.69 Å². The second kappa shape index (κ2) is 6.49. The molecule has 0 aliphatic carbocycles. The second-order valence-corrected chi connectivity index (χ2v) is 5.06. The van der Waals surface area contributed by atoms with Gasteiger partial charge in [0, 0.05) is 0 Å². The lowest BCUT2D eigenvalue weighted by atomic mass is 10.1. The Morgan fingerprint density at radius 1 is 1.29 bits per heavy atom. The highest BCUT2D eigenvalue weighted by atomic mass is 19.4. The number of carbonyl (C=O) groups is 1. The van der Waals surface area contributed by atoms with Crippen LogP contribution in [-0.4, -0.2) is 50.8 Å². The number of aliphatic hydroxyl groups excluding tert-OH is 1. The number of para-hydroxylation sites is 1. The number of nitrogen functional groups attached to an aromatic ring is 1. The number of alkyl halides is 3. The van der Waals surface area contributed by atoms with Crippen LogP contribution in [0.5, 0.6) is 0 Å². The van der Waals surface area contributed by atoms with Gasteiger partial charge in [-0.1, -0.05) is 18.2 Å². The van der Waals surface area contributed by atoms with Crippen LogP contribution in [0.4, 0.5) is 19.0 Å². The number of nitrogens with two attached hydrogens (primary N) is 1. The summed E-state index contributed by atoms with van der Waals surface area (Å²) in [7, 11) is 0. The molecule has 0 saturated carbocycles. The molecule has 5 N–H and O–H groups in total. The fourth-order valence-corrected chi connectivity index (χ4v) is 1.88. The van der Waals surface area contributed by atoms with Gasteiger partial charge in [-0.3, -0.25) is 4.79 Å². The first-order chi connectivity index (χ1) is 11.2. The highest BCUT2D eigenvalue weighted by molar-refractivity contribution is 5.98. The van der Waals surface area contributed by atoms with E-state index in [9.17, 15) is 23.1 Å². The zero-order valence-corrected chi connectivity index (χ0v) is 12.3. The average Bonchev–Trinajstić information content (AvgIpc) is 2.93. The molecule has 0 spiro atoms. The van der Waals surface area contributed by atoms with Crippen molar-refractivity contribution in [1.29, 1.82) is 0 Å². The summed E-state index contributed by atoms with van der Waals surface area (Å²) in [6.07, 6.45) is -4.00. The maximum Gasteiger partial charge on any atom is 0.421 e. The van der Waals surface area contributed by atoms with Crippen LogP contribution >= 0.6 is 0 Å². The molecule has 0 aliphatic rings. The number of rotatable bonds is 5. The number of hydrogen-bond acceptors (Lipinski definition) is 5. The highest BCUT2D eigenvalue weighted by Crippen LogP contribution is 2.29. The lowest BCUT2D eigenvalue weighted by Crippen LogP contribution is -2.56. The molecule has 2 rings (SSSR count). The van der Waals surface area contributed by atoms with Gasteiger partial charge in [-0.15, -0.1) is 0 Å². The molecule has 0 fully saturated rings. The van der Waals surface area contributed by atoms with Gasteiger partial charge in [0.2, 0.25) is 5.60 Å². The maximum absolute atomic E-state index is 12.7. The van der Waals surface area contributed by atoms with Crippen LogP contribution in [0, 0.1) is 0 Å². The minimum atomic E-state index is -5.10. The smallest absolute Gasteiger partial charge is 0.393 e. The van der Waals surface area contributed by atoms with E-state index in [0.717, 1.165) is 6.20 Å². The van der Waals surface area contributed by atoms with Gasteiger partial charge in [-0.2, -0.15) is 18.3 Å². The molecular weight excluding hydrogens is 329 g/mol. The number of hydrogen-bond donors (Lipinski definition) is 4. The van der Waals surface area contributed by atoms with Gasteiger partial charge < -0.3 is 21.3 Å². The predicted molar refractivity (Wildman–Crippen MR) is 78.4 cm³/mol. The first-order valence-electron chi connectivity index (χ1n) is 6.77. The summed E-state index contributed by atoms with van der Waals surface area (Å²) in [4.78, 5) is 12.0. The molecule has 0 aliphatic heterocycles. The first kappa shape index (κ1) is 17.8. The van der Waals surface area contributed by atoms with Crippen LogP contribution in [0.3, 0.4) is 0 Å². The summed E-state index contributed by atoms with van der Waals surface area (Å²) in [5.41, 5.74) is 2.78. The van der Waals surface area contributed by atoms with E-state index in [1.165, 1.54) is 4.68 Å². The van der Waals surface area contributed by atoms with Crippen LogP contribution in [-0.2, 0) is 0 Å². The number of aromatic nitrogens is 2. The van der Waals surface area contributed by atoms with Gasteiger partial charge in [0.25, 0.3) is 5.91 Å². The third-order valence-electron chi connectivity index (χ3n) is 3.38. The summed E-state index contributed by atoms with van der Waals surface area (Å²) < 4.78 is 39.2. The van der Waals surface area contributed by atoms with E-state index in [-0.39, 0.29) is 11.4 Å². The lowest BCUT2D eigenvalue weighted by Gasteiger charge is -2.28. The Balaban J connectivity index is 2.16. The van der Waals surface area contributed by atoms with Crippen LogP contribution in [0.2, 0.25) is 0 Å². The maximum atomic E-state index is 12.7. The average molecular weight is 344 g/mol. The number of nitrogens with zero attached hydrogens (tertiary/aromatic N) is 2. The topological polar surface area (TPSA) is 113 Å². The number of aliphatic hydroxyl groups is 2. The second-order valence-electron chi connectivity index (χ2n) is 5.06. The van der Waals surface area contributed by atoms with E-state index in [4.69, 9.17) is 10.8 Å². The first-order valence-corrected chi connectivity index (χ1v) is 6.77. The van der Waals surface area contributed by atoms with Gasteiger partial charge in [-0.05, 0) is 12.1 Å². The van der Waals surface area contributed by atoms with Crippen LogP contribution in [0.15, 0.2) is 36.5 Å². The highest BCUT2D eigenvalue weighted by Gasteiger charge is 2.53. The lowest BCUT2D eigenvalue weighted by molar-refractivity contribution is -0.267. The van der Waals surface area contributed by atoms with E-state index in [1.807, 2.05) is 5.32 Å². The molecule has 0 unspecified atom stereocenters. The van der Waals surface area contributed by atoms with Gasteiger partial charge in [0.1, 0.15) is 11.4 Å². The van der Waals surface area contributed by atoms with Gasteiger partial charge in [0.15, 0.2) is 0 Å². The minimum absolute atomic E-state index is 0.0711. The van der Waals surface area contributed by atoms with Crippen molar-refractivity contribution in [1.82, 2.24) is 15.1 Å². The van der Waals surface area contributed by atoms with Crippen molar-refractivity contribution in [2.45, 2.75) is 11.8 Å². The molecule has 0 saturated heterocycles. The van der Waals surface area contributed by atoms with Crippen molar-refractivity contribution in [2.75, 3.05) is 18.9 Å². The SMILES string of the molecule is Nc1c(C(=O)NC[C@](O)(CO)C(F)(F)F)cnn1-c1ccccc1. The standard InChI is InChI=1S/C14H15F3N4O3/c15-14(16,17)13(24,8-22)7-19-12(23)10-6-20-21(11(10)18)9-4-2-1-3-5-9/h1-6,22,24H,7-8,18H2,(H,19,23)/t13-/m0/s1. The minimum Gasteiger partial charge on any atom is -0.393 e. The molecule has 1 atom stereocenters. The molecule has 130 valence electrons. The molecule has 1 aromatic heterocycles. The van der Waals surface area contributed by atoms with Crippen LogP contribution < -0.4 is 11.1 Å². The third kappa shape index (κ3) is 3.34. The van der Waals surface area contributed by atoms with Crippen LogP contribution in [0.25, 0.3) is 5.69 Å². The van der Waals surface area contributed by atoms with E-state index in [2.05, 4.69) is 5.10 Å². The molecule has 0 bridgehead atoms. The van der Waals surface area contributed by atoms with Crippen molar-refractivity contribution in [2.24, 2.45) is 0 Å². The quantitative estimate of drug-likeness (QED) is 0.630. The molecule has 1 amide bonds. The van der Waals surface area contributed by atoms with Gasteiger partial charge in [-0.25, -0.2) is 4.68 Å². The van der Waals surface area contributed by atoms with E-state index in [1.54, 1.807) is 30.3 Å². The molecule has 0 radical (unpaired) electrons. The predicted octanol–water partition coefficient (Wildman–Crippen LogP) is 0.470. The van der Waals surface area contributed by atoms with Gasteiger partial charge >= 0.3 is 6.18 Å². The summed E-state index contributed by atoms with van der Waals surface area (Å²) in [6.45, 7) is -2.81. The Morgan fingerprint density at radius 3 is 2.46 bits per heavy atom.